The van der Waals surface area contributed by atoms with Gasteiger partial charge in [0.25, 0.3) is 0 Å². The molecule has 0 radical (unpaired) electrons. The lowest BCUT2D eigenvalue weighted by Gasteiger charge is -2.19. The fourth-order valence-corrected chi connectivity index (χ4v) is 1.18. The number of carbonyl (C=O) groups is 1. The summed E-state index contributed by atoms with van der Waals surface area (Å²) < 4.78 is 0. The Morgan fingerprint density at radius 3 is 3.18 bits per heavy atom. The maximum atomic E-state index is 11.1. The molecule has 1 aliphatic heterocycles. The summed E-state index contributed by atoms with van der Waals surface area (Å²) in [5.74, 6) is 0.0732. The van der Waals surface area contributed by atoms with Crippen molar-refractivity contribution in [3.8, 4) is 0 Å². The van der Waals surface area contributed by atoms with Crippen molar-refractivity contribution >= 4 is 5.91 Å². The van der Waals surface area contributed by atoms with E-state index in [9.17, 15) is 9.90 Å². The average Bonchev–Trinajstić information content (AvgIpc) is 2.13. The van der Waals surface area contributed by atoms with E-state index in [0.29, 0.717) is 26.2 Å². The van der Waals surface area contributed by atoms with E-state index in [-0.39, 0.29) is 5.91 Å². The topological polar surface area (TPSA) is 52.6 Å². The van der Waals surface area contributed by atoms with Gasteiger partial charge in [0.15, 0.2) is 0 Å². The fourth-order valence-electron chi connectivity index (χ4n) is 1.18. The number of likely N-dealkylation sites (N-methyl/N-ethyl adjacent to an activating group) is 1. The summed E-state index contributed by atoms with van der Waals surface area (Å²) in [5.41, 5.74) is 0. The molecule has 0 aromatic rings. The molecule has 2 N–H and O–H groups in total. The van der Waals surface area contributed by atoms with Gasteiger partial charge in [-0.2, -0.15) is 0 Å². The second-order valence-electron chi connectivity index (χ2n) is 2.72. The molecule has 0 saturated carbocycles. The Morgan fingerprint density at radius 2 is 2.55 bits per heavy atom. The van der Waals surface area contributed by atoms with Crippen LogP contribution in [0.2, 0.25) is 0 Å². The second-order valence-corrected chi connectivity index (χ2v) is 2.72. The van der Waals surface area contributed by atoms with Crippen LogP contribution >= 0.6 is 0 Å². The Balaban J connectivity index is 2.52. The number of nitrogens with one attached hydrogen (secondary N) is 1. The summed E-state index contributed by atoms with van der Waals surface area (Å²) in [6.07, 6.45) is -0.415. The molecule has 0 bridgehead atoms. The van der Waals surface area contributed by atoms with Gasteiger partial charge in [-0.05, 0) is 6.92 Å². The summed E-state index contributed by atoms with van der Waals surface area (Å²) in [7, 11) is 0. The number of hydrogen-bond acceptors (Lipinski definition) is 3. The van der Waals surface area contributed by atoms with Crippen LogP contribution in [0, 0.1) is 0 Å². The third-order valence-corrected chi connectivity index (χ3v) is 1.82. The average molecular weight is 158 g/mol. The largest absolute Gasteiger partial charge is 0.390 e. The number of nitrogens with zero attached hydrogens (tertiary/aromatic N) is 1. The zero-order chi connectivity index (χ0) is 8.27. The van der Waals surface area contributed by atoms with Crippen molar-refractivity contribution in [3.05, 3.63) is 0 Å². The normalized spacial score (nSPS) is 26.9. The fraction of sp³-hybridized carbons (Fsp3) is 0.857. The molecule has 1 heterocycles. The predicted octanol–water partition coefficient (Wildman–Crippen LogP) is -1.20. The summed E-state index contributed by atoms with van der Waals surface area (Å²) in [6.45, 7) is 3.92. The van der Waals surface area contributed by atoms with Crippen LogP contribution in [-0.4, -0.2) is 48.2 Å². The van der Waals surface area contributed by atoms with Crippen LogP contribution in [0.5, 0.6) is 0 Å². The molecule has 4 heteroatoms. The van der Waals surface area contributed by atoms with Crippen LogP contribution in [0.3, 0.4) is 0 Å². The second kappa shape index (κ2) is 3.69. The lowest BCUT2D eigenvalue weighted by molar-refractivity contribution is -0.130. The quantitative estimate of drug-likeness (QED) is 0.504. The van der Waals surface area contributed by atoms with Gasteiger partial charge in [0.05, 0.1) is 12.6 Å². The standard InChI is InChI=1S/C7H14N2O2/c1-2-9-5-6(10)3-8-4-7(9)11/h6,8,10H,2-5H2,1H3. The molecule has 1 unspecified atom stereocenters. The number of carbonyl (C=O) groups excluding carboxylic acids is 1. The molecule has 11 heavy (non-hydrogen) atoms. The Kier molecular flexibility index (Phi) is 2.84. The van der Waals surface area contributed by atoms with Gasteiger partial charge in [0.2, 0.25) is 5.91 Å². The lowest BCUT2D eigenvalue weighted by Crippen LogP contribution is -2.36. The smallest absolute Gasteiger partial charge is 0.236 e. The molecule has 4 nitrogen and oxygen atoms in total. The van der Waals surface area contributed by atoms with Crippen molar-refractivity contribution in [1.29, 1.82) is 0 Å². The van der Waals surface area contributed by atoms with Gasteiger partial charge in [-0.1, -0.05) is 0 Å². The van der Waals surface area contributed by atoms with E-state index < -0.39 is 6.10 Å². The van der Waals surface area contributed by atoms with Gasteiger partial charge in [0, 0.05) is 19.6 Å². The van der Waals surface area contributed by atoms with Crippen LogP contribution < -0.4 is 5.32 Å². The van der Waals surface area contributed by atoms with Crippen molar-refractivity contribution in [1.82, 2.24) is 10.2 Å². The van der Waals surface area contributed by atoms with Crippen molar-refractivity contribution in [2.45, 2.75) is 13.0 Å². The molecular weight excluding hydrogens is 144 g/mol. The first kappa shape index (κ1) is 8.49. The van der Waals surface area contributed by atoms with Crippen LogP contribution in [-0.2, 0) is 4.79 Å². The van der Waals surface area contributed by atoms with E-state index in [1.807, 2.05) is 6.92 Å². The molecule has 1 rings (SSSR count). The van der Waals surface area contributed by atoms with Gasteiger partial charge >= 0.3 is 0 Å². The van der Waals surface area contributed by atoms with Crippen LogP contribution in [0.4, 0.5) is 0 Å². The van der Waals surface area contributed by atoms with Crippen LogP contribution in [0.15, 0.2) is 0 Å². The number of aliphatic hydroxyl groups is 1. The molecule has 1 atom stereocenters. The number of amides is 1. The third-order valence-electron chi connectivity index (χ3n) is 1.82. The van der Waals surface area contributed by atoms with E-state index >= 15 is 0 Å². The highest BCUT2D eigenvalue weighted by molar-refractivity contribution is 5.78. The molecule has 64 valence electrons. The van der Waals surface area contributed by atoms with Crippen molar-refractivity contribution < 1.29 is 9.90 Å². The minimum Gasteiger partial charge on any atom is -0.390 e. The van der Waals surface area contributed by atoms with Crippen molar-refractivity contribution in [3.63, 3.8) is 0 Å². The molecule has 1 fully saturated rings. The van der Waals surface area contributed by atoms with Gasteiger partial charge in [-0.25, -0.2) is 0 Å². The molecule has 0 spiro atoms. The maximum absolute atomic E-state index is 11.1. The molecule has 0 aromatic carbocycles. The predicted molar refractivity (Wildman–Crippen MR) is 41.1 cm³/mol. The first-order valence-electron chi connectivity index (χ1n) is 3.90. The van der Waals surface area contributed by atoms with Gasteiger partial charge in [-0.3, -0.25) is 4.79 Å². The molecular formula is C7H14N2O2. The Hall–Kier alpha value is -0.610. The molecule has 0 aromatic heterocycles. The number of rotatable bonds is 1. The van der Waals surface area contributed by atoms with E-state index in [4.69, 9.17) is 0 Å². The Morgan fingerprint density at radius 1 is 1.82 bits per heavy atom. The summed E-state index contributed by atoms with van der Waals surface area (Å²) in [5, 5.41) is 12.1. The first-order valence-corrected chi connectivity index (χ1v) is 3.90. The zero-order valence-electron chi connectivity index (χ0n) is 6.71. The Bertz CT molecular complexity index is 149. The zero-order valence-corrected chi connectivity index (χ0v) is 6.71. The summed E-state index contributed by atoms with van der Waals surface area (Å²) in [4.78, 5) is 12.8. The van der Waals surface area contributed by atoms with E-state index in [2.05, 4.69) is 5.32 Å². The molecule has 1 aliphatic rings. The summed E-state index contributed by atoms with van der Waals surface area (Å²) >= 11 is 0. The lowest BCUT2D eigenvalue weighted by atomic mass is 10.3. The maximum Gasteiger partial charge on any atom is 0.236 e. The van der Waals surface area contributed by atoms with Gasteiger partial charge in [0.1, 0.15) is 0 Å². The van der Waals surface area contributed by atoms with Crippen LogP contribution in [0.25, 0.3) is 0 Å². The number of hydrogen-bond donors (Lipinski definition) is 2. The molecule has 1 amide bonds. The van der Waals surface area contributed by atoms with Gasteiger partial charge in [-0.15, -0.1) is 0 Å². The number of β-amino-alcohol motifs (C(OH)–C–C–N with tert-alkyl or cyclic N) is 1. The van der Waals surface area contributed by atoms with E-state index in [1.54, 1.807) is 4.90 Å². The number of aliphatic hydroxyl groups excluding tert-OH is 1. The van der Waals surface area contributed by atoms with Crippen LogP contribution in [0.1, 0.15) is 6.92 Å². The minimum atomic E-state index is -0.415. The highest BCUT2D eigenvalue weighted by Crippen LogP contribution is 1.96. The highest BCUT2D eigenvalue weighted by atomic mass is 16.3. The first-order chi connectivity index (χ1) is 5.24. The molecule has 1 saturated heterocycles. The SMILES string of the molecule is CCN1CC(O)CNCC1=O. The summed E-state index contributed by atoms with van der Waals surface area (Å²) in [6, 6.07) is 0. The van der Waals surface area contributed by atoms with Gasteiger partial charge < -0.3 is 15.3 Å². The van der Waals surface area contributed by atoms with Crippen molar-refractivity contribution in [2.75, 3.05) is 26.2 Å². The van der Waals surface area contributed by atoms with Crippen molar-refractivity contribution in [2.24, 2.45) is 0 Å². The third kappa shape index (κ3) is 2.17. The highest BCUT2D eigenvalue weighted by Gasteiger charge is 2.19. The minimum absolute atomic E-state index is 0.0732. The Labute approximate surface area is 66.2 Å². The van der Waals surface area contributed by atoms with E-state index in [0.717, 1.165) is 0 Å². The monoisotopic (exact) mass is 158 g/mol. The van der Waals surface area contributed by atoms with E-state index in [1.165, 1.54) is 0 Å². The molecule has 0 aliphatic carbocycles.